The molecule has 1 aromatic heterocycles. The van der Waals surface area contributed by atoms with Crippen molar-refractivity contribution >= 4 is 23.0 Å². The largest absolute Gasteiger partial charge is 0.281 e. The second-order valence-electron chi connectivity index (χ2n) is 4.36. The summed E-state index contributed by atoms with van der Waals surface area (Å²) in [6.45, 7) is 0. The Morgan fingerprint density at radius 1 is 1.18 bits per heavy atom. The minimum Gasteiger partial charge on any atom is -0.266 e. The number of nitrogens with zero attached hydrogens (tertiary/aromatic N) is 1. The first-order valence-corrected chi connectivity index (χ1v) is 7.13. The molecular weight excluding hydrogens is 232 g/mol. The van der Waals surface area contributed by atoms with Crippen LogP contribution in [0.25, 0.3) is 0 Å². The van der Waals surface area contributed by atoms with Gasteiger partial charge in [-0.3, -0.25) is 4.79 Å². The van der Waals surface area contributed by atoms with Crippen LogP contribution in [0.3, 0.4) is 0 Å². The van der Waals surface area contributed by atoms with Gasteiger partial charge in [-0.25, -0.2) is 5.43 Å². The van der Waals surface area contributed by atoms with Gasteiger partial charge in [0.15, 0.2) is 0 Å². The second-order valence-corrected chi connectivity index (χ2v) is 5.31. The number of hydrogen-bond acceptors (Lipinski definition) is 3. The predicted octanol–water partition coefficient (Wildman–Crippen LogP) is 3.58. The topological polar surface area (TPSA) is 41.5 Å². The Balaban J connectivity index is 1.87. The van der Waals surface area contributed by atoms with Gasteiger partial charge in [0.25, 0.3) is 5.91 Å². The lowest BCUT2D eigenvalue weighted by atomic mass is 9.99. The van der Waals surface area contributed by atoms with Crippen LogP contribution in [0, 0.1) is 0 Å². The van der Waals surface area contributed by atoms with Gasteiger partial charge in [-0.15, -0.1) is 11.3 Å². The summed E-state index contributed by atoms with van der Waals surface area (Å²) in [7, 11) is 0. The highest BCUT2D eigenvalue weighted by Gasteiger charge is 2.07. The van der Waals surface area contributed by atoms with Gasteiger partial charge in [0.05, 0.1) is 4.88 Å². The molecule has 1 heterocycles. The maximum Gasteiger partial charge on any atom is 0.281 e. The smallest absolute Gasteiger partial charge is 0.266 e. The van der Waals surface area contributed by atoms with Crippen molar-refractivity contribution in [1.82, 2.24) is 5.43 Å². The summed E-state index contributed by atoms with van der Waals surface area (Å²) in [6.07, 6.45) is 8.39. The number of nitrogens with one attached hydrogen (secondary N) is 1. The van der Waals surface area contributed by atoms with Crippen LogP contribution in [0.1, 0.15) is 54.6 Å². The Morgan fingerprint density at radius 3 is 2.53 bits per heavy atom. The summed E-state index contributed by atoms with van der Waals surface area (Å²) >= 11 is 1.44. The van der Waals surface area contributed by atoms with Gasteiger partial charge in [0, 0.05) is 5.71 Å². The van der Waals surface area contributed by atoms with E-state index < -0.39 is 0 Å². The molecule has 1 aromatic rings. The van der Waals surface area contributed by atoms with E-state index in [4.69, 9.17) is 0 Å². The van der Waals surface area contributed by atoms with E-state index in [9.17, 15) is 4.79 Å². The molecule has 1 N–H and O–H groups in total. The number of rotatable bonds is 2. The maximum absolute atomic E-state index is 11.7. The third-order valence-electron chi connectivity index (χ3n) is 2.99. The monoisotopic (exact) mass is 250 g/mol. The van der Waals surface area contributed by atoms with Crippen molar-refractivity contribution in [2.75, 3.05) is 0 Å². The zero-order chi connectivity index (χ0) is 11.9. The number of carbonyl (C=O) groups excluding carboxylic acids is 1. The van der Waals surface area contributed by atoms with Gasteiger partial charge in [-0.05, 0) is 37.1 Å². The Morgan fingerprint density at radius 2 is 1.88 bits per heavy atom. The van der Waals surface area contributed by atoms with Gasteiger partial charge in [-0.2, -0.15) is 5.10 Å². The van der Waals surface area contributed by atoms with Gasteiger partial charge in [0.2, 0.25) is 0 Å². The third kappa shape index (κ3) is 3.97. The molecule has 0 atom stereocenters. The predicted molar refractivity (Wildman–Crippen MR) is 71.5 cm³/mol. The second kappa shape index (κ2) is 6.55. The van der Waals surface area contributed by atoms with Crippen molar-refractivity contribution in [3.63, 3.8) is 0 Å². The molecule has 0 aromatic carbocycles. The standard InChI is InChI=1S/C13H18N2OS/c16-13(12-9-6-10-17-12)15-14-11-7-4-2-1-3-5-8-11/h6,9-10H,1-5,7-8H2,(H,15,16). The number of carbonyl (C=O) groups is 1. The summed E-state index contributed by atoms with van der Waals surface area (Å²) < 4.78 is 0. The van der Waals surface area contributed by atoms with E-state index in [1.165, 1.54) is 43.4 Å². The molecule has 1 fully saturated rings. The highest BCUT2D eigenvalue weighted by Crippen LogP contribution is 2.15. The van der Waals surface area contributed by atoms with Crippen molar-refractivity contribution in [1.29, 1.82) is 0 Å². The molecular formula is C13H18N2OS. The summed E-state index contributed by atoms with van der Waals surface area (Å²) in [5.41, 5.74) is 3.81. The summed E-state index contributed by atoms with van der Waals surface area (Å²) in [5.74, 6) is -0.0884. The minimum absolute atomic E-state index is 0.0884. The van der Waals surface area contributed by atoms with E-state index in [-0.39, 0.29) is 5.91 Å². The van der Waals surface area contributed by atoms with Crippen LogP contribution in [0.15, 0.2) is 22.6 Å². The molecule has 0 spiro atoms. The molecule has 1 saturated carbocycles. The molecule has 92 valence electrons. The van der Waals surface area contributed by atoms with Gasteiger partial charge < -0.3 is 0 Å². The highest BCUT2D eigenvalue weighted by molar-refractivity contribution is 7.12. The summed E-state index contributed by atoms with van der Waals surface area (Å²) in [6, 6.07) is 3.70. The van der Waals surface area contributed by atoms with E-state index >= 15 is 0 Å². The molecule has 17 heavy (non-hydrogen) atoms. The number of hydrazone groups is 1. The SMILES string of the molecule is O=C(NN=C1CCCCCCC1)c1cccs1. The van der Waals surface area contributed by atoms with Gasteiger partial charge in [0.1, 0.15) is 0 Å². The molecule has 2 rings (SSSR count). The lowest BCUT2D eigenvalue weighted by Crippen LogP contribution is -2.19. The van der Waals surface area contributed by atoms with Crippen LogP contribution >= 0.6 is 11.3 Å². The molecule has 0 saturated heterocycles. The average molecular weight is 250 g/mol. The Hall–Kier alpha value is -1.16. The first kappa shape index (κ1) is 12.3. The summed E-state index contributed by atoms with van der Waals surface area (Å²) in [4.78, 5) is 12.4. The molecule has 0 radical (unpaired) electrons. The van der Waals surface area contributed by atoms with Crippen LogP contribution in [-0.2, 0) is 0 Å². The minimum atomic E-state index is -0.0884. The number of hydrogen-bond donors (Lipinski definition) is 1. The van der Waals surface area contributed by atoms with Gasteiger partial charge in [-0.1, -0.05) is 25.3 Å². The third-order valence-corrected chi connectivity index (χ3v) is 3.86. The molecule has 0 bridgehead atoms. The van der Waals surface area contributed by atoms with Crippen molar-refractivity contribution < 1.29 is 4.79 Å². The summed E-state index contributed by atoms with van der Waals surface area (Å²) in [5, 5.41) is 6.17. The zero-order valence-electron chi connectivity index (χ0n) is 9.95. The molecule has 4 heteroatoms. The molecule has 1 aliphatic carbocycles. The number of amides is 1. The van der Waals surface area contributed by atoms with Crippen LogP contribution in [-0.4, -0.2) is 11.6 Å². The first-order chi connectivity index (χ1) is 8.36. The lowest BCUT2D eigenvalue weighted by molar-refractivity contribution is 0.0958. The van der Waals surface area contributed by atoms with Crippen LogP contribution in [0.5, 0.6) is 0 Å². The normalized spacial score (nSPS) is 17.1. The highest BCUT2D eigenvalue weighted by atomic mass is 32.1. The average Bonchev–Trinajstić information content (AvgIpc) is 2.80. The Bertz CT molecular complexity index is 374. The van der Waals surface area contributed by atoms with E-state index in [1.54, 1.807) is 0 Å². The molecule has 0 unspecified atom stereocenters. The van der Waals surface area contributed by atoms with Crippen molar-refractivity contribution in [2.24, 2.45) is 5.10 Å². The van der Waals surface area contributed by atoms with E-state index in [0.29, 0.717) is 0 Å². The fourth-order valence-corrected chi connectivity index (χ4v) is 2.63. The maximum atomic E-state index is 11.7. The lowest BCUT2D eigenvalue weighted by Gasteiger charge is -2.10. The van der Waals surface area contributed by atoms with E-state index in [2.05, 4.69) is 10.5 Å². The quantitative estimate of drug-likeness (QED) is 0.801. The Labute approximate surface area is 106 Å². The molecule has 3 nitrogen and oxygen atoms in total. The van der Waals surface area contributed by atoms with Crippen molar-refractivity contribution in [3.05, 3.63) is 22.4 Å². The Kier molecular flexibility index (Phi) is 4.74. The molecule has 1 aliphatic rings. The van der Waals surface area contributed by atoms with E-state index in [1.807, 2.05) is 17.5 Å². The van der Waals surface area contributed by atoms with Gasteiger partial charge >= 0.3 is 0 Å². The van der Waals surface area contributed by atoms with Crippen LogP contribution in [0.4, 0.5) is 0 Å². The van der Waals surface area contributed by atoms with Crippen molar-refractivity contribution in [3.8, 4) is 0 Å². The fraction of sp³-hybridized carbons (Fsp3) is 0.538. The van der Waals surface area contributed by atoms with Crippen LogP contribution < -0.4 is 5.43 Å². The van der Waals surface area contributed by atoms with Crippen molar-refractivity contribution in [2.45, 2.75) is 44.9 Å². The van der Waals surface area contributed by atoms with E-state index in [0.717, 1.165) is 23.4 Å². The first-order valence-electron chi connectivity index (χ1n) is 6.25. The van der Waals surface area contributed by atoms with Crippen LogP contribution in [0.2, 0.25) is 0 Å². The zero-order valence-corrected chi connectivity index (χ0v) is 10.8. The fourth-order valence-electron chi connectivity index (χ4n) is 2.02. The number of thiophene rings is 1. The molecule has 1 amide bonds. The molecule has 0 aliphatic heterocycles.